The summed E-state index contributed by atoms with van der Waals surface area (Å²) in [6.45, 7) is 1.11. The first-order valence-corrected chi connectivity index (χ1v) is 5.79. The third-order valence-corrected chi connectivity index (χ3v) is 2.74. The Morgan fingerprint density at radius 2 is 2.18 bits per heavy atom. The molecule has 1 aliphatic heterocycles. The number of benzene rings is 1. The molecule has 0 aliphatic carbocycles. The lowest BCUT2D eigenvalue weighted by molar-refractivity contribution is -0.146. The van der Waals surface area contributed by atoms with Crippen molar-refractivity contribution in [2.75, 3.05) is 13.2 Å². The molecule has 1 aromatic rings. The monoisotopic (exact) mass is 236 g/mol. The molecule has 0 spiro atoms. The van der Waals surface area contributed by atoms with Gasteiger partial charge in [-0.1, -0.05) is 12.1 Å². The van der Waals surface area contributed by atoms with Gasteiger partial charge in [0.15, 0.2) is 0 Å². The van der Waals surface area contributed by atoms with Crippen molar-refractivity contribution in [2.24, 2.45) is 0 Å². The van der Waals surface area contributed by atoms with Crippen molar-refractivity contribution in [2.45, 2.75) is 25.4 Å². The highest BCUT2D eigenvalue weighted by molar-refractivity contribution is 5.72. The fourth-order valence-corrected chi connectivity index (χ4v) is 1.79. The Bertz CT molecular complexity index is 366. The summed E-state index contributed by atoms with van der Waals surface area (Å²) in [5, 5.41) is 9.11. The van der Waals surface area contributed by atoms with Gasteiger partial charge in [-0.15, -0.1) is 0 Å². The van der Waals surface area contributed by atoms with Crippen molar-refractivity contribution in [3.05, 3.63) is 29.8 Å². The third-order valence-electron chi connectivity index (χ3n) is 2.74. The van der Waals surface area contributed by atoms with Gasteiger partial charge in [-0.05, 0) is 30.5 Å². The lowest BCUT2D eigenvalue weighted by Crippen LogP contribution is -2.18. The second-order valence-corrected chi connectivity index (χ2v) is 4.16. The van der Waals surface area contributed by atoms with E-state index in [1.807, 2.05) is 0 Å². The lowest BCUT2D eigenvalue weighted by atomic mass is 10.1. The Hall–Kier alpha value is -1.55. The van der Waals surface area contributed by atoms with E-state index in [9.17, 15) is 4.79 Å². The topological polar surface area (TPSA) is 55.8 Å². The van der Waals surface area contributed by atoms with E-state index in [0.717, 1.165) is 25.0 Å². The van der Waals surface area contributed by atoms with Crippen LogP contribution in [0.5, 0.6) is 5.75 Å². The van der Waals surface area contributed by atoms with Crippen LogP contribution in [0.25, 0.3) is 0 Å². The molecule has 1 heterocycles. The van der Waals surface area contributed by atoms with Gasteiger partial charge in [-0.25, -0.2) is 0 Å². The summed E-state index contributed by atoms with van der Waals surface area (Å²) in [5.41, 5.74) is 0.833. The highest BCUT2D eigenvalue weighted by Gasteiger charge is 2.17. The van der Waals surface area contributed by atoms with E-state index in [2.05, 4.69) is 0 Å². The number of esters is 1. The second kappa shape index (κ2) is 5.68. The largest absolute Gasteiger partial charge is 0.508 e. The van der Waals surface area contributed by atoms with Crippen molar-refractivity contribution in [1.29, 1.82) is 0 Å². The maximum Gasteiger partial charge on any atom is 0.310 e. The van der Waals surface area contributed by atoms with Crippen molar-refractivity contribution < 1.29 is 19.4 Å². The number of phenols is 1. The Balaban J connectivity index is 1.74. The molecule has 1 fully saturated rings. The number of rotatable bonds is 4. The first kappa shape index (κ1) is 11.9. The minimum atomic E-state index is -0.258. The van der Waals surface area contributed by atoms with Gasteiger partial charge in [0.25, 0.3) is 0 Å². The fraction of sp³-hybridized carbons (Fsp3) is 0.462. The molecule has 0 saturated carbocycles. The third kappa shape index (κ3) is 3.75. The summed E-state index contributed by atoms with van der Waals surface area (Å²) < 4.78 is 10.5. The molecule has 92 valence electrons. The predicted molar refractivity (Wildman–Crippen MR) is 61.7 cm³/mol. The molecule has 0 radical (unpaired) electrons. The van der Waals surface area contributed by atoms with Gasteiger partial charge in [-0.2, -0.15) is 0 Å². The normalized spacial score (nSPS) is 19.2. The van der Waals surface area contributed by atoms with Crippen LogP contribution in [-0.4, -0.2) is 30.4 Å². The highest BCUT2D eigenvalue weighted by atomic mass is 16.6. The minimum absolute atomic E-state index is 0.0683. The van der Waals surface area contributed by atoms with Gasteiger partial charge in [0.1, 0.15) is 12.4 Å². The van der Waals surface area contributed by atoms with Crippen LogP contribution >= 0.6 is 0 Å². The zero-order chi connectivity index (χ0) is 12.1. The molecule has 17 heavy (non-hydrogen) atoms. The van der Waals surface area contributed by atoms with Gasteiger partial charge >= 0.3 is 5.97 Å². The smallest absolute Gasteiger partial charge is 0.310 e. The Labute approximate surface area is 100 Å². The molecule has 4 heteroatoms. The standard InChI is InChI=1S/C13H16O4/c14-11-5-3-10(4-6-11)8-13(15)17-9-12-2-1-7-16-12/h3-6,12,14H,1-2,7-9H2/t12-/m0/s1. The van der Waals surface area contributed by atoms with Crippen LogP contribution in [0.4, 0.5) is 0 Å². The molecule has 1 N–H and O–H groups in total. The number of hydrogen-bond donors (Lipinski definition) is 1. The van der Waals surface area contributed by atoms with Crippen LogP contribution in [-0.2, 0) is 20.7 Å². The molecule has 0 bridgehead atoms. The summed E-state index contributed by atoms with van der Waals surface area (Å²) >= 11 is 0. The number of aromatic hydroxyl groups is 1. The lowest BCUT2D eigenvalue weighted by Gasteiger charge is -2.10. The van der Waals surface area contributed by atoms with Crippen LogP contribution in [0, 0.1) is 0 Å². The molecule has 4 nitrogen and oxygen atoms in total. The molecular formula is C13H16O4. The molecule has 1 aliphatic rings. The highest BCUT2D eigenvalue weighted by Crippen LogP contribution is 2.13. The zero-order valence-corrected chi connectivity index (χ0v) is 9.59. The molecular weight excluding hydrogens is 220 g/mol. The van der Waals surface area contributed by atoms with Gasteiger partial charge in [0.05, 0.1) is 12.5 Å². The van der Waals surface area contributed by atoms with Gasteiger partial charge < -0.3 is 14.6 Å². The molecule has 1 aromatic carbocycles. The van der Waals surface area contributed by atoms with E-state index in [0.29, 0.717) is 6.61 Å². The SMILES string of the molecule is O=C(Cc1ccc(O)cc1)OC[C@@H]1CCCO1. The van der Waals surface area contributed by atoms with Crippen LogP contribution in [0.15, 0.2) is 24.3 Å². The van der Waals surface area contributed by atoms with Crippen molar-refractivity contribution in [3.63, 3.8) is 0 Å². The Kier molecular flexibility index (Phi) is 3.98. The first-order valence-electron chi connectivity index (χ1n) is 5.79. The van der Waals surface area contributed by atoms with Crippen molar-refractivity contribution in [3.8, 4) is 5.75 Å². The van der Waals surface area contributed by atoms with Gasteiger partial charge in [0, 0.05) is 6.61 Å². The summed E-state index contributed by atoms with van der Waals surface area (Å²) in [6, 6.07) is 6.54. The Morgan fingerprint density at radius 3 is 2.82 bits per heavy atom. The van der Waals surface area contributed by atoms with E-state index in [1.54, 1.807) is 24.3 Å². The van der Waals surface area contributed by atoms with E-state index < -0.39 is 0 Å². The van der Waals surface area contributed by atoms with E-state index in [1.165, 1.54) is 0 Å². The summed E-state index contributed by atoms with van der Waals surface area (Å²) in [7, 11) is 0. The molecule has 1 atom stereocenters. The molecule has 0 amide bonds. The quantitative estimate of drug-likeness (QED) is 0.808. The van der Waals surface area contributed by atoms with E-state index >= 15 is 0 Å². The number of ether oxygens (including phenoxy) is 2. The second-order valence-electron chi connectivity index (χ2n) is 4.16. The van der Waals surface area contributed by atoms with E-state index in [-0.39, 0.29) is 24.2 Å². The summed E-state index contributed by atoms with van der Waals surface area (Å²) in [4.78, 5) is 11.5. The van der Waals surface area contributed by atoms with Crippen LogP contribution in [0.2, 0.25) is 0 Å². The molecule has 2 rings (SSSR count). The van der Waals surface area contributed by atoms with Crippen LogP contribution in [0.1, 0.15) is 18.4 Å². The maximum atomic E-state index is 11.5. The molecule has 0 unspecified atom stereocenters. The first-order chi connectivity index (χ1) is 8.24. The van der Waals surface area contributed by atoms with Gasteiger partial charge in [-0.3, -0.25) is 4.79 Å². The predicted octanol–water partition coefficient (Wildman–Crippen LogP) is 1.66. The minimum Gasteiger partial charge on any atom is -0.508 e. The van der Waals surface area contributed by atoms with Crippen molar-refractivity contribution in [1.82, 2.24) is 0 Å². The zero-order valence-electron chi connectivity index (χ0n) is 9.59. The average Bonchev–Trinajstić information content (AvgIpc) is 2.83. The summed E-state index contributed by atoms with van der Waals surface area (Å²) in [5.74, 6) is -0.0623. The summed E-state index contributed by atoms with van der Waals surface area (Å²) in [6.07, 6.45) is 2.30. The number of carbonyl (C=O) groups excluding carboxylic acids is 1. The molecule has 1 saturated heterocycles. The van der Waals surface area contributed by atoms with Crippen LogP contribution < -0.4 is 0 Å². The fourth-order valence-electron chi connectivity index (χ4n) is 1.79. The van der Waals surface area contributed by atoms with Crippen LogP contribution in [0.3, 0.4) is 0 Å². The number of carbonyl (C=O) groups is 1. The number of hydrogen-bond acceptors (Lipinski definition) is 4. The maximum absolute atomic E-state index is 11.5. The number of phenolic OH excluding ortho intramolecular Hbond substituents is 1. The Morgan fingerprint density at radius 1 is 1.41 bits per heavy atom. The van der Waals surface area contributed by atoms with Gasteiger partial charge in [0.2, 0.25) is 0 Å². The average molecular weight is 236 g/mol. The van der Waals surface area contributed by atoms with Crippen molar-refractivity contribution >= 4 is 5.97 Å². The van der Waals surface area contributed by atoms with E-state index in [4.69, 9.17) is 14.6 Å². The molecule has 0 aromatic heterocycles.